The molecule has 5 aliphatic rings. The summed E-state index contributed by atoms with van der Waals surface area (Å²) in [6.45, 7) is 0.628. The summed E-state index contributed by atoms with van der Waals surface area (Å²) in [5.74, 6) is 3.26. The first-order chi connectivity index (χ1) is 9.62. The number of carbonyl (C=O) groups excluding carboxylic acids is 1. The van der Waals surface area contributed by atoms with Crippen LogP contribution < -0.4 is 16.4 Å². The number of urea groups is 1. The summed E-state index contributed by atoms with van der Waals surface area (Å²) in [4.78, 5) is 12.2. The molecular formula is C16H27N3O. The lowest BCUT2D eigenvalue weighted by Crippen LogP contribution is -2.61. The quantitative estimate of drug-likeness (QED) is 0.735. The summed E-state index contributed by atoms with van der Waals surface area (Å²) in [6, 6.07) is 0.167. The molecule has 0 aliphatic heterocycles. The van der Waals surface area contributed by atoms with Crippen LogP contribution in [0.4, 0.5) is 4.79 Å². The molecule has 1 unspecified atom stereocenters. The largest absolute Gasteiger partial charge is 0.337 e. The fourth-order valence-electron chi connectivity index (χ4n) is 5.45. The van der Waals surface area contributed by atoms with E-state index in [2.05, 4.69) is 10.6 Å². The Balaban J connectivity index is 1.32. The van der Waals surface area contributed by atoms with E-state index in [-0.39, 0.29) is 17.6 Å². The minimum absolute atomic E-state index is 0.0167. The average molecular weight is 277 g/mol. The molecule has 4 N–H and O–H groups in total. The lowest BCUT2D eigenvalue weighted by molar-refractivity contribution is -0.0135. The van der Waals surface area contributed by atoms with E-state index in [0.29, 0.717) is 12.5 Å². The van der Waals surface area contributed by atoms with Gasteiger partial charge in [0, 0.05) is 18.1 Å². The predicted molar refractivity (Wildman–Crippen MR) is 78.1 cm³/mol. The summed E-state index contributed by atoms with van der Waals surface area (Å²) in [6.07, 6.45) is 10.3. The summed E-state index contributed by atoms with van der Waals surface area (Å²) >= 11 is 0. The number of carbonyl (C=O) groups is 1. The van der Waals surface area contributed by atoms with Crippen molar-refractivity contribution in [3.05, 3.63) is 0 Å². The molecule has 5 aliphatic carbocycles. The molecule has 0 aromatic heterocycles. The smallest absolute Gasteiger partial charge is 0.315 e. The van der Waals surface area contributed by atoms with Gasteiger partial charge in [-0.25, -0.2) is 4.79 Å². The monoisotopic (exact) mass is 277 g/mol. The number of nitrogens with two attached hydrogens (primary N) is 1. The van der Waals surface area contributed by atoms with Crippen molar-refractivity contribution in [3.8, 4) is 0 Å². The van der Waals surface area contributed by atoms with Gasteiger partial charge in [0.25, 0.3) is 0 Å². The summed E-state index contributed by atoms with van der Waals surface area (Å²) < 4.78 is 0. The highest BCUT2D eigenvalue weighted by Gasteiger charge is 2.51. The van der Waals surface area contributed by atoms with Crippen LogP contribution in [0.5, 0.6) is 0 Å². The molecule has 5 fully saturated rings. The molecule has 112 valence electrons. The maximum Gasteiger partial charge on any atom is 0.315 e. The van der Waals surface area contributed by atoms with Crippen LogP contribution >= 0.6 is 0 Å². The zero-order chi connectivity index (χ0) is 13.7. The van der Waals surface area contributed by atoms with Gasteiger partial charge >= 0.3 is 6.03 Å². The molecule has 0 aromatic carbocycles. The van der Waals surface area contributed by atoms with Crippen molar-refractivity contribution in [3.63, 3.8) is 0 Å². The highest BCUT2D eigenvalue weighted by Crippen LogP contribution is 2.55. The van der Waals surface area contributed by atoms with Crippen LogP contribution in [0, 0.1) is 23.7 Å². The van der Waals surface area contributed by atoms with Crippen LogP contribution in [-0.4, -0.2) is 24.2 Å². The zero-order valence-electron chi connectivity index (χ0n) is 12.2. The van der Waals surface area contributed by atoms with Gasteiger partial charge in [-0.2, -0.15) is 0 Å². The summed E-state index contributed by atoms with van der Waals surface area (Å²) in [5.41, 5.74) is 6.16. The average Bonchev–Trinajstić information content (AvgIpc) is 3.17. The minimum Gasteiger partial charge on any atom is -0.337 e. The van der Waals surface area contributed by atoms with E-state index in [9.17, 15) is 4.79 Å². The number of amides is 2. The van der Waals surface area contributed by atoms with E-state index < -0.39 is 0 Å². The molecule has 0 aromatic rings. The van der Waals surface area contributed by atoms with Crippen molar-refractivity contribution >= 4 is 6.03 Å². The van der Waals surface area contributed by atoms with Gasteiger partial charge < -0.3 is 16.4 Å². The molecule has 4 bridgehead atoms. The Morgan fingerprint density at radius 2 is 1.65 bits per heavy atom. The van der Waals surface area contributed by atoms with Crippen molar-refractivity contribution in [2.24, 2.45) is 29.4 Å². The third kappa shape index (κ3) is 2.43. The fraction of sp³-hybridized carbons (Fsp3) is 0.938. The molecule has 0 saturated heterocycles. The van der Waals surface area contributed by atoms with E-state index in [1.165, 1.54) is 51.4 Å². The van der Waals surface area contributed by atoms with E-state index in [0.717, 1.165) is 17.8 Å². The van der Waals surface area contributed by atoms with Gasteiger partial charge in [0.05, 0.1) is 0 Å². The Kier molecular flexibility index (Phi) is 2.99. The third-order valence-electron chi connectivity index (χ3n) is 6.14. The lowest BCUT2D eigenvalue weighted by atomic mass is 9.53. The van der Waals surface area contributed by atoms with E-state index >= 15 is 0 Å². The molecule has 0 radical (unpaired) electrons. The SMILES string of the molecule is NC(CNC(=O)NC12CC3CC(CC(C3)C1)C2)C1CC1. The van der Waals surface area contributed by atoms with Crippen molar-refractivity contribution in [1.82, 2.24) is 10.6 Å². The van der Waals surface area contributed by atoms with Gasteiger partial charge in [0.15, 0.2) is 0 Å². The molecule has 1 atom stereocenters. The summed E-state index contributed by atoms with van der Waals surface area (Å²) in [7, 11) is 0. The number of hydrogen-bond acceptors (Lipinski definition) is 2. The Labute approximate surface area is 121 Å². The topological polar surface area (TPSA) is 67.1 Å². The van der Waals surface area contributed by atoms with Crippen molar-refractivity contribution in [2.75, 3.05) is 6.54 Å². The molecule has 5 rings (SSSR count). The van der Waals surface area contributed by atoms with E-state index in [1.807, 2.05) is 0 Å². The van der Waals surface area contributed by atoms with Gasteiger partial charge in [0.1, 0.15) is 0 Å². The van der Waals surface area contributed by atoms with Crippen molar-refractivity contribution in [1.29, 1.82) is 0 Å². The van der Waals surface area contributed by atoms with Gasteiger partial charge in [0.2, 0.25) is 0 Å². The van der Waals surface area contributed by atoms with E-state index in [1.54, 1.807) is 0 Å². The molecule has 4 heteroatoms. The van der Waals surface area contributed by atoms with E-state index in [4.69, 9.17) is 5.73 Å². The number of rotatable bonds is 4. The second-order valence-electron chi connectivity index (χ2n) is 8.03. The Morgan fingerprint density at radius 1 is 1.10 bits per heavy atom. The van der Waals surface area contributed by atoms with Gasteiger partial charge in [-0.05, 0) is 75.0 Å². The molecule has 0 spiro atoms. The predicted octanol–water partition coefficient (Wildman–Crippen LogP) is 1.99. The molecule has 5 saturated carbocycles. The van der Waals surface area contributed by atoms with Crippen LogP contribution in [0.3, 0.4) is 0 Å². The molecule has 4 nitrogen and oxygen atoms in total. The van der Waals surface area contributed by atoms with Gasteiger partial charge in [-0.15, -0.1) is 0 Å². The molecular weight excluding hydrogens is 250 g/mol. The standard InChI is InChI=1S/C16H27N3O/c17-14(13-1-2-13)9-18-15(20)19-16-6-10-3-11(7-16)5-12(4-10)8-16/h10-14H,1-9,17H2,(H2,18,19,20). The third-order valence-corrected chi connectivity index (χ3v) is 6.14. The minimum atomic E-state index is 0.0167. The van der Waals surface area contributed by atoms with Crippen LogP contribution in [-0.2, 0) is 0 Å². The first-order valence-corrected chi connectivity index (χ1v) is 8.43. The Hall–Kier alpha value is -0.770. The van der Waals surface area contributed by atoms with Crippen LogP contribution in [0.1, 0.15) is 51.4 Å². The van der Waals surface area contributed by atoms with Gasteiger partial charge in [-0.3, -0.25) is 0 Å². The maximum atomic E-state index is 12.2. The number of nitrogens with one attached hydrogen (secondary N) is 2. The molecule has 0 heterocycles. The first kappa shape index (κ1) is 12.9. The summed E-state index contributed by atoms with van der Waals surface area (Å²) in [5, 5.41) is 6.34. The Bertz CT molecular complexity index is 369. The Morgan fingerprint density at radius 3 is 2.15 bits per heavy atom. The fourth-order valence-corrected chi connectivity index (χ4v) is 5.45. The molecule has 2 amide bonds. The van der Waals surface area contributed by atoms with Crippen LogP contribution in [0.15, 0.2) is 0 Å². The second-order valence-corrected chi connectivity index (χ2v) is 8.03. The van der Waals surface area contributed by atoms with Crippen molar-refractivity contribution < 1.29 is 4.79 Å². The first-order valence-electron chi connectivity index (χ1n) is 8.43. The second kappa shape index (κ2) is 4.62. The molecule has 20 heavy (non-hydrogen) atoms. The highest BCUT2D eigenvalue weighted by molar-refractivity contribution is 5.75. The highest BCUT2D eigenvalue weighted by atomic mass is 16.2. The van der Waals surface area contributed by atoms with Crippen molar-refractivity contribution in [2.45, 2.75) is 62.9 Å². The maximum absolute atomic E-state index is 12.2. The van der Waals surface area contributed by atoms with Crippen LogP contribution in [0.25, 0.3) is 0 Å². The number of hydrogen-bond donors (Lipinski definition) is 3. The zero-order valence-corrected chi connectivity index (χ0v) is 12.2. The lowest BCUT2D eigenvalue weighted by Gasteiger charge is -2.56. The van der Waals surface area contributed by atoms with Gasteiger partial charge in [-0.1, -0.05) is 0 Å². The normalized spacial score (nSPS) is 43.4. The van der Waals surface area contributed by atoms with Crippen LogP contribution in [0.2, 0.25) is 0 Å².